The normalized spacial score (nSPS) is 17.2. The van der Waals surface area contributed by atoms with Gasteiger partial charge in [-0.15, -0.1) is 11.3 Å². The zero-order valence-electron chi connectivity index (χ0n) is 14.0. The second-order valence-corrected chi connectivity index (χ2v) is 7.16. The van der Waals surface area contributed by atoms with E-state index in [2.05, 4.69) is 10.4 Å². The van der Waals surface area contributed by atoms with Crippen molar-refractivity contribution in [3.05, 3.63) is 39.8 Å². The molecule has 2 amide bonds. The predicted octanol–water partition coefficient (Wildman–Crippen LogP) is 2.14. The Morgan fingerprint density at radius 1 is 1.42 bits per heavy atom. The van der Waals surface area contributed by atoms with Crippen LogP contribution in [0, 0.1) is 0 Å². The maximum Gasteiger partial charge on any atom is 0.261 e. The lowest BCUT2D eigenvalue weighted by atomic mass is 10.1. The van der Waals surface area contributed by atoms with Gasteiger partial charge >= 0.3 is 0 Å². The molecule has 3 heterocycles. The van der Waals surface area contributed by atoms with Crippen LogP contribution in [-0.2, 0) is 18.3 Å². The number of rotatable bonds is 5. The smallest absolute Gasteiger partial charge is 0.261 e. The first-order valence-electron chi connectivity index (χ1n) is 8.17. The number of nitrogens with zero attached hydrogens (tertiary/aromatic N) is 3. The maximum absolute atomic E-state index is 12.6. The Labute approximate surface area is 145 Å². The van der Waals surface area contributed by atoms with Gasteiger partial charge in [0.15, 0.2) is 0 Å². The van der Waals surface area contributed by atoms with E-state index in [0.29, 0.717) is 17.7 Å². The van der Waals surface area contributed by atoms with E-state index in [4.69, 9.17) is 0 Å². The Kier molecular flexibility index (Phi) is 4.99. The SMILES string of the molecule is CNC(=O)c1ccc([C@@H]2CCCN2C(=O)CCc2cnn(C)c2)s1. The van der Waals surface area contributed by atoms with Crippen LogP contribution in [0.3, 0.4) is 0 Å². The van der Waals surface area contributed by atoms with E-state index in [9.17, 15) is 9.59 Å². The van der Waals surface area contributed by atoms with Crippen molar-refractivity contribution in [1.29, 1.82) is 0 Å². The fourth-order valence-electron chi connectivity index (χ4n) is 3.13. The summed E-state index contributed by atoms with van der Waals surface area (Å²) in [6, 6.07) is 3.93. The molecule has 0 aromatic carbocycles. The quantitative estimate of drug-likeness (QED) is 0.902. The van der Waals surface area contributed by atoms with Crippen LogP contribution in [0.4, 0.5) is 0 Å². The minimum absolute atomic E-state index is 0.0706. The molecule has 0 saturated carbocycles. The molecule has 2 aromatic rings. The molecular weight excluding hydrogens is 324 g/mol. The summed E-state index contributed by atoms with van der Waals surface area (Å²) < 4.78 is 1.75. The van der Waals surface area contributed by atoms with Gasteiger partial charge in [0.2, 0.25) is 5.91 Å². The summed E-state index contributed by atoms with van der Waals surface area (Å²) >= 11 is 1.48. The highest BCUT2D eigenvalue weighted by molar-refractivity contribution is 7.14. The topological polar surface area (TPSA) is 67.2 Å². The molecule has 1 aliphatic rings. The van der Waals surface area contributed by atoms with Crippen molar-refractivity contribution in [2.75, 3.05) is 13.6 Å². The van der Waals surface area contributed by atoms with Gasteiger partial charge < -0.3 is 10.2 Å². The first-order chi connectivity index (χ1) is 11.6. The van der Waals surface area contributed by atoms with Gasteiger partial charge in [-0.1, -0.05) is 0 Å². The Morgan fingerprint density at radius 2 is 2.25 bits per heavy atom. The minimum atomic E-state index is -0.0706. The van der Waals surface area contributed by atoms with Gasteiger partial charge in [0, 0.05) is 38.1 Å². The number of aromatic nitrogens is 2. The van der Waals surface area contributed by atoms with Crippen LogP contribution in [0.5, 0.6) is 0 Å². The average Bonchev–Trinajstić information content (AvgIpc) is 3.31. The fourth-order valence-corrected chi connectivity index (χ4v) is 4.24. The summed E-state index contributed by atoms with van der Waals surface area (Å²) in [6.07, 6.45) is 6.94. The number of amides is 2. The second kappa shape index (κ2) is 7.17. The van der Waals surface area contributed by atoms with Crippen LogP contribution in [0.1, 0.15) is 45.4 Å². The third kappa shape index (κ3) is 3.51. The van der Waals surface area contributed by atoms with Crippen molar-refractivity contribution in [3.8, 4) is 0 Å². The average molecular weight is 346 g/mol. The Balaban J connectivity index is 1.65. The molecule has 0 radical (unpaired) electrons. The summed E-state index contributed by atoms with van der Waals surface area (Å²) in [5.41, 5.74) is 1.08. The van der Waals surface area contributed by atoms with Gasteiger partial charge in [0.25, 0.3) is 5.91 Å². The Morgan fingerprint density at radius 3 is 2.96 bits per heavy atom. The molecule has 1 aliphatic heterocycles. The van der Waals surface area contributed by atoms with E-state index in [-0.39, 0.29) is 17.9 Å². The molecule has 2 aromatic heterocycles. The van der Waals surface area contributed by atoms with E-state index in [1.807, 2.05) is 36.5 Å². The number of hydrogen-bond donors (Lipinski definition) is 1. The van der Waals surface area contributed by atoms with Crippen LogP contribution in [-0.4, -0.2) is 40.1 Å². The first kappa shape index (κ1) is 16.7. The van der Waals surface area contributed by atoms with Gasteiger partial charge in [-0.3, -0.25) is 14.3 Å². The molecule has 1 atom stereocenters. The monoisotopic (exact) mass is 346 g/mol. The van der Waals surface area contributed by atoms with Crippen molar-refractivity contribution < 1.29 is 9.59 Å². The molecule has 6 nitrogen and oxygen atoms in total. The van der Waals surface area contributed by atoms with Gasteiger partial charge in [0.1, 0.15) is 0 Å². The predicted molar refractivity (Wildman–Crippen MR) is 92.9 cm³/mol. The zero-order chi connectivity index (χ0) is 17.1. The largest absolute Gasteiger partial charge is 0.354 e. The number of nitrogens with one attached hydrogen (secondary N) is 1. The summed E-state index contributed by atoms with van der Waals surface area (Å²) in [4.78, 5) is 28.1. The van der Waals surface area contributed by atoms with E-state index >= 15 is 0 Å². The Hall–Kier alpha value is -2.15. The van der Waals surface area contributed by atoms with Crippen molar-refractivity contribution in [3.63, 3.8) is 0 Å². The maximum atomic E-state index is 12.6. The molecule has 7 heteroatoms. The van der Waals surface area contributed by atoms with Gasteiger partial charge in [-0.25, -0.2) is 0 Å². The van der Waals surface area contributed by atoms with E-state index in [1.165, 1.54) is 11.3 Å². The summed E-state index contributed by atoms with van der Waals surface area (Å²) in [5.74, 6) is 0.106. The lowest BCUT2D eigenvalue weighted by Crippen LogP contribution is -2.30. The third-order valence-electron chi connectivity index (χ3n) is 4.37. The van der Waals surface area contributed by atoms with Crippen LogP contribution in [0.25, 0.3) is 0 Å². The van der Waals surface area contributed by atoms with E-state index < -0.39 is 0 Å². The van der Waals surface area contributed by atoms with Gasteiger partial charge in [-0.05, 0) is 37.0 Å². The molecule has 1 saturated heterocycles. The number of thiophene rings is 1. The molecule has 0 spiro atoms. The number of carbonyl (C=O) groups excluding carboxylic acids is 2. The Bertz CT molecular complexity index is 737. The molecule has 1 fully saturated rings. The van der Waals surface area contributed by atoms with Crippen LogP contribution in [0.2, 0.25) is 0 Å². The van der Waals surface area contributed by atoms with E-state index in [1.54, 1.807) is 11.7 Å². The van der Waals surface area contributed by atoms with Crippen molar-refractivity contribution in [2.45, 2.75) is 31.7 Å². The highest BCUT2D eigenvalue weighted by atomic mass is 32.1. The molecule has 0 unspecified atom stereocenters. The first-order valence-corrected chi connectivity index (χ1v) is 8.99. The highest BCUT2D eigenvalue weighted by Gasteiger charge is 2.31. The number of carbonyl (C=O) groups is 2. The fraction of sp³-hybridized carbons (Fsp3) is 0.471. The zero-order valence-corrected chi connectivity index (χ0v) is 14.8. The molecule has 0 aliphatic carbocycles. The molecule has 0 bridgehead atoms. The molecule has 24 heavy (non-hydrogen) atoms. The summed E-state index contributed by atoms with van der Waals surface area (Å²) in [5, 5.41) is 6.78. The van der Waals surface area contributed by atoms with Crippen molar-refractivity contribution >= 4 is 23.2 Å². The molecule has 3 rings (SSSR count). The minimum Gasteiger partial charge on any atom is -0.354 e. The van der Waals surface area contributed by atoms with Crippen molar-refractivity contribution in [2.24, 2.45) is 7.05 Å². The highest BCUT2D eigenvalue weighted by Crippen LogP contribution is 2.36. The van der Waals surface area contributed by atoms with Crippen LogP contribution >= 0.6 is 11.3 Å². The lowest BCUT2D eigenvalue weighted by Gasteiger charge is -2.24. The van der Waals surface area contributed by atoms with E-state index in [0.717, 1.165) is 29.8 Å². The van der Waals surface area contributed by atoms with Crippen LogP contribution in [0.15, 0.2) is 24.5 Å². The number of hydrogen-bond acceptors (Lipinski definition) is 4. The number of aryl methyl sites for hydroxylation is 2. The molecular formula is C17H22N4O2S. The molecule has 128 valence electrons. The number of likely N-dealkylation sites (tertiary alicyclic amines) is 1. The summed E-state index contributed by atoms with van der Waals surface area (Å²) in [7, 11) is 3.51. The van der Waals surface area contributed by atoms with Crippen molar-refractivity contribution in [1.82, 2.24) is 20.0 Å². The van der Waals surface area contributed by atoms with Gasteiger partial charge in [-0.2, -0.15) is 5.10 Å². The van der Waals surface area contributed by atoms with Gasteiger partial charge in [0.05, 0.1) is 17.1 Å². The standard InChI is InChI=1S/C17H22N4O2S/c1-18-17(23)15-7-6-14(24-15)13-4-3-9-21(13)16(22)8-5-12-10-19-20(2)11-12/h6-7,10-11,13H,3-5,8-9H2,1-2H3,(H,18,23)/t13-/m0/s1. The third-order valence-corrected chi connectivity index (χ3v) is 5.55. The van der Waals surface area contributed by atoms with Crippen LogP contribution < -0.4 is 5.32 Å². The lowest BCUT2D eigenvalue weighted by molar-refractivity contribution is -0.132. The molecule has 1 N–H and O–H groups in total. The summed E-state index contributed by atoms with van der Waals surface area (Å²) in [6.45, 7) is 0.795. The second-order valence-electron chi connectivity index (χ2n) is 6.05.